The molecule has 0 aromatic heterocycles. The Kier molecular flexibility index (Phi) is 2.62. The summed E-state index contributed by atoms with van der Waals surface area (Å²) in [6, 6.07) is 6.04. The summed E-state index contributed by atoms with van der Waals surface area (Å²) in [5, 5.41) is 0. The van der Waals surface area contributed by atoms with Gasteiger partial charge in [-0.15, -0.1) is 0 Å². The third-order valence-electron chi connectivity index (χ3n) is 3.11. The van der Waals surface area contributed by atoms with Crippen molar-refractivity contribution in [1.29, 1.82) is 0 Å². The predicted octanol–water partition coefficient (Wildman–Crippen LogP) is 2.25. The second kappa shape index (κ2) is 3.81. The van der Waals surface area contributed by atoms with Gasteiger partial charge in [0.2, 0.25) is 5.60 Å². The van der Waals surface area contributed by atoms with E-state index in [2.05, 4.69) is 0 Å². The lowest BCUT2D eigenvalue weighted by atomic mass is 9.91. The smallest absolute Gasteiger partial charge is 0.349 e. The lowest BCUT2D eigenvalue weighted by Gasteiger charge is -2.33. The number of aryl methyl sites for hydroxylation is 2. The van der Waals surface area contributed by atoms with Crippen molar-refractivity contribution >= 4 is 5.97 Å². The first kappa shape index (κ1) is 11.0. The summed E-state index contributed by atoms with van der Waals surface area (Å²) < 4.78 is 10.6. The van der Waals surface area contributed by atoms with Gasteiger partial charge in [0.05, 0.1) is 7.11 Å². The molecule has 1 aliphatic heterocycles. The van der Waals surface area contributed by atoms with Gasteiger partial charge in [-0.25, -0.2) is 4.79 Å². The van der Waals surface area contributed by atoms with Crippen LogP contribution in [0.15, 0.2) is 18.2 Å². The Hall–Kier alpha value is -1.51. The average Bonchev–Trinajstić information content (AvgIpc) is 2.29. The molecule has 0 saturated carbocycles. The summed E-state index contributed by atoms with van der Waals surface area (Å²) in [5.41, 5.74) is 1.39. The molecule has 0 aliphatic carbocycles. The van der Waals surface area contributed by atoms with Crippen LogP contribution in [0.5, 0.6) is 5.75 Å². The van der Waals surface area contributed by atoms with Crippen molar-refractivity contribution in [3.8, 4) is 5.75 Å². The Morgan fingerprint density at radius 1 is 1.50 bits per heavy atom. The number of methoxy groups -OCH3 is 1. The van der Waals surface area contributed by atoms with Gasteiger partial charge in [0.1, 0.15) is 5.75 Å². The molecular formula is C13H16O3. The van der Waals surface area contributed by atoms with E-state index in [4.69, 9.17) is 9.47 Å². The molecule has 0 radical (unpaired) electrons. The van der Waals surface area contributed by atoms with Crippen molar-refractivity contribution in [2.24, 2.45) is 0 Å². The molecule has 1 atom stereocenters. The highest BCUT2D eigenvalue weighted by Crippen LogP contribution is 2.36. The molecule has 0 amide bonds. The largest absolute Gasteiger partial charge is 0.475 e. The third kappa shape index (κ3) is 1.66. The molecule has 3 heteroatoms. The van der Waals surface area contributed by atoms with Crippen LogP contribution in [0.4, 0.5) is 0 Å². The Morgan fingerprint density at radius 2 is 2.25 bits per heavy atom. The fourth-order valence-corrected chi connectivity index (χ4v) is 2.07. The van der Waals surface area contributed by atoms with Crippen LogP contribution < -0.4 is 4.74 Å². The summed E-state index contributed by atoms with van der Waals surface area (Å²) in [6.07, 6.45) is 1.51. The molecule has 0 spiro atoms. The van der Waals surface area contributed by atoms with Gasteiger partial charge in [-0.1, -0.05) is 18.2 Å². The quantitative estimate of drug-likeness (QED) is 0.681. The van der Waals surface area contributed by atoms with Crippen molar-refractivity contribution in [3.05, 3.63) is 29.3 Å². The van der Waals surface area contributed by atoms with E-state index in [1.165, 1.54) is 12.7 Å². The monoisotopic (exact) mass is 220 g/mol. The van der Waals surface area contributed by atoms with E-state index in [0.29, 0.717) is 6.42 Å². The first-order valence-corrected chi connectivity index (χ1v) is 5.43. The lowest BCUT2D eigenvalue weighted by molar-refractivity contribution is -0.159. The number of benzene rings is 1. The molecule has 1 aromatic carbocycles. The zero-order valence-electron chi connectivity index (χ0n) is 9.87. The van der Waals surface area contributed by atoms with E-state index < -0.39 is 5.60 Å². The van der Waals surface area contributed by atoms with Crippen molar-refractivity contribution in [3.63, 3.8) is 0 Å². The molecule has 0 fully saturated rings. The molecule has 1 heterocycles. The number of hydrogen-bond donors (Lipinski definition) is 0. The molecule has 1 unspecified atom stereocenters. The molecular weight excluding hydrogens is 204 g/mol. The van der Waals surface area contributed by atoms with Gasteiger partial charge in [0.15, 0.2) is 0 Å². The van der Waals surface area contributed by atoms with Crippen LogP contribution in [0.2, 0.25) is 0 Å². The van der Waals surface area contributed by atoms with Crippen LogP contribution in [0.25, 0.3) is 0 Å². The number of para-hydroxylation sites is 1. The van der Waals surface area contributed by atoms with Crippen molar-refractivity contribution in [2.45, 2.75) is 32.3 Å². The van der Waals surface area contributed by atoms with Crippen LogP contribution in [0, 0.1) is 6.92 Å². The maximum absolute atomic E-state index is 11.7. The van der Waals surface area contributed by atoms with E-state index in [1.807, 2.05) is 25.1 Å². The first-order valence-electron chi connectivity index (χ1n) is 5.43. The molecule has 86 valence electrons. The number of esters is 1. The summed E-state index contributed by atoms with van der Waals surface area (Å²) in [5.74, 6) is 0.531. The highest BCUT2D eigenvalue weighted by molar-refractivity contribution is 5.80. The number of rotatable bonds is 1. The normalized spacial score (nSPS) is 23.2. The molecule has 3 nitrogen and oxygen atoms in total. The van der Waals surface area contributed by atoms with Crippen molar-refractivity contribution < 1.29 is 14.3 Å². The SMILES string of the molecule is COC(=O)C1(C)CCc2cccc(C)c2O1. The summed E-state index contributed by atoms with van der Waals surface area (Å²) in [4.78, 5) is 11.7. The van der Waals surface area contributed by atoms with Crippen molar-refractivity contribution in [1.82, 2.24) is 0 Å². The first-order chi connectivity index (χ1) is 7.57. The third-order valence-corrected chi connectivity index (χ3v) is 3.11. The standard InChI is InChI=1S/C13H16O3/c1-9-5-4-6-10-7-8-13(2,12(14)15-3)16-11(9)10/h4-6H,7-8H2,1-3H3. The summed E-state index contributed by atoms with van der Waals surface area (Å²) >= 11 is 0. The van der Waals surface area contributed by atoms with E-state index in [-0.39, 0.29) is 5.97 Å². The summed E-state index contributed by atoms with van der Waals surface area (Å²) in [7, 11) is 1.39. The van der Waals surface area contributed by atoms with Gasteiger partial charge in [-0.3, -0.25) is 0 Å². The van der Waals surface area contributed by atoms with Crippen LogP contribution in [-0.4, -0.2) is 18.7 Å². The number of ether oxygens (including phenoxy) is 2. The molecule has 2 rings (SSSR count). The number of carbonyl (C=O) groups is 1. The molecule has 0 saturated heterocycles. The Bertz CT molecular complexity index is 425. The highest BCUT2D eigenvalue weighted by atomic mass is 16.6. The second-order valence-corrected chi connectivity index (χ2v) is 4.39. The average molecular weight is 220 g/mol. The van der Waals surface area contributed by atoms with E-state index in [9.17, 15) is 4.79 Å². The van der Waals surface area contributed by atoms with Gasteiger partial charge < -0.3 is 9.47 Å². The van der Waals surface area contributed by atoms with E-state index >= 15 is 0 Å². The lowest BCUT2D eigenvalue weighted by Crippen LogP contribution is -2.45. The zero-order chi connectivity index (χ0) is 11.8. The van der Waals surface area contributed by atoms with Gasteiger partial charge >= 0.3 is 5.97 Å². The molecule has 1 aromatic rings. The molecule has 16 heavy (non-hydrogen) atoms. The van der Waals surface area contributed by atoms with Crippen LogP contribution in [-0.2, 0) is 16.0 Å². The number of fused-ring (bicyclic) bond motifs is 1. The molecule has 1 aliphatic rings. The fraction of sp³-hybridized carbons (Fsp3) is 0.462. The van der Waals surface area contributed by atoms with Crippen LogP contribution in [0.1, 0.15) is 24.5 Å². The minimum Gasteiger partial charge on any atom is -0.475 e. The Balaban J connectivity index is 2.36. The number of hydrogen-bond acceptors (Lipinski definition) is 3. The van der Waals surface area contributed by atoms with Crippen LogP contribution in [0.3, 0.4) is 0 Å². The number of carbonyl (C=O) groups excluding carboxylic acids is 1. The topological polar surface area (TPSA) is 35.5 Å². The van der Waals surface area contributed by atoms with Crippen molar-refractivity contribution in [2.75, 3.05) is 7.11 Å². The highest BCUT2D eigenvalue weighted by Gasteiger charge is 2.40. The Labute approximate surface area is 95.4 Å². The fourth-order valence-electron chi connectivity index (χ4n) is 2.07. The maximum Gasteiger partial charge on any atom is 0.349 e. The van der Waals surface area contributed by atoms with Gasteiger partial charge in [0.25, 0.3) is 0 Å². The zero-order valence-corrected chi connectivity index (χ0v) is 9.87. The van der Waals surface area contributed by atoms with Gasteiger partial charge in [0, 0.05) is 6.42 Å². The summed E-state index contributed by atoms with van der Waals surface area (Å²) in [6.45, 7) is 3.77. The Morgan fingerprint density at radius 3 is 2.94 bits per heavy atom. The van der Waals surface area contributed by atoms with Crippen LogP contribution >= 0.6 is 0 Å². The maximum atomic E-state index is 11.7. The van der Waals surface area contributed by atoms with Gasteiger partial charge in [-0.05, 0) is 31.4 Å². The molecule has 0 N–H and O–H groups in total. The minimum absolute atomic E-state index is 0.304. The molecule has 0 bridgehead atoms. The minimum atomic E-state index is -0.839. The predicted molar refractivity (Wildman–Crippen MR) is 60.5 cm³/mol. The van der Waals surface area contributed by atoms with Gasteiger partial charge in [-0.2, -0.15) is 0 Å². The van der Waals surface area contributed by atoms with E-state index in [1.54, 1.807) is 6.92 Å². The van der Waals surface area contributed by atoms with E-state index in [0.717, 1.165) is 17.7 Å². The second-order valence-electron chi connectivity index (χ2n) is 4.39.